The molecule has 0 unspecified atom stereocenters. The minimum atomic E-state index is -0.830. The van der Waals surface area contributed by atoms with E-state index in [-0.39, 0.29) is 18.1 Å². The Hall–Kier alpha value is -0.410. The van der Waals surface area contributed by atoms with Crippen molar-refractivity contribution in [1.82, 2.24) is 0 Å². The first kappa shape index (κ1) is 7.69. The molecule has 10 heavy (non-hydrogen) atoms. The van der Waals surface area contributed by atoms with Gasteiger partial charge >= 0.3 is 0 Å². The average Bonchev–Trinajstić information content (AvgIpc) is 1.84. The molecule has 1 aliphatic carbocycles. The highest BCUT2D eigenvalue weighted by atomic mass is 16.3. The topological polar surface area (TPSA) is 57.5 Å². The summed E-state index contributed by atoms with van der Waals surface area (Å²) >= 11 is 0. The fourth-order valence-corrected chi connectivity index (χ4v) is 1.19. The Kier molecular flexibility index (Phi) is 2.06. The summed E-state index contributed by atoms with van der Waals surface area (Å²) in [6, 6.07) is 0. The molecular weight excluding hydrogens is 132 g/mol. The third-order valence-corrected chi connectivity index (χ3v) is 2.00. The number of carbonyl (C=O) groups excluding carboxylic acids is 1. The second kappa shape index (κ2) is 2.68. The van der Waals surface area contributed by atoms with Gasteiger partial charge in [0.05, 0.1) is 12.2 Å². The third-order valence-electron chi connectivity index (χ3n) is 2.00. The predicted octanol–water partition coefficient (Wildman–Crippen LogP) is -0.293. The highest BCUT2D eigenvalue weighted by Gasteiger charge is 2.30. The molecular formula is C7H12O3. The van der Waals surface area contributed by atoms with E-state index in [0.717, 1.165) is 0 Å². The Morgan fingerprint density at radius 2 is 2.00 bits per heavy atom. The SMILES string of the molecule is C[C@@H]1C[C@@H](O)[C@H](O)CC1=O. The molecule has 1 saturated carbocycles. The Morgan fingerprint density at radius 1 is 1.40 bits per heavy atom. The summed E-state index contributed by atoms with van der Waals surface area (Å²) in [5, 5.41) is 18.1. The second-order valence-corrected chi connectivity index (χ2v) is 2.94. The van der Waals surface area contributed by atoms with Crippen LogP contribution in [-0.4, -0.2) is 28.2 Å². The van der Waals surface area contributed by atoms with E-state index < -0.39 is 12.2 Å². The maximum Gasteiger partial charge on any atom is 0.138 e. The van der Waals surface area contributed by atoms with Gasteiger partial charge < -0.3 is 10.2 Å². The van der Waals surface area contributed by atoms with Crippen molar-refractivity contribution in [2.24, 2.45) is 5.92 Å². The molecule has 0 aromatic rings. The molecule has 1 aliphatic rings. The van der Waals surface area contributed by atoms with E-state index in [0.29, 0.717) is 6.42 Å². The molecule has 0 aliphatic heterocycles. The van der Waals surface area contributed by atoms with E-state index in [1.807, 2.05) is 0 Å². The zero-order valence-corrected chi connectivity index (χ0v) is 5.95. The van der Waals surface area contributed by atoms with Crippen LogP contribution in [0.4, 0.5) is 0 Å². The van der Waals surface area contributed by atoms with Crippen LogP contribution in [0.1, 0.15) is 19.8 Å². The van der Waals surface area contributed by atoms with Gasteiger partial charge in [-0.05, 0) is 6.42 Å². The first-order valence-electron chi connectivity index (χ1n) is 3.50. The van der Waals surface area contributed by atoms with Crippen molar-refractivity contribution < 1.29 is 15.0 Å². The van der Waals surface area contributed by atoms with Gasteiger partial charge in [-0.25, -0.2) is 0 Å². The minimum Gasteiger partial charge on any atom is -0.390 e. The Labute approximate surface area is 59.7 Å². The lowest BCUT2D eigenvalue weighted by Crippen LogP contribution is -2.38. The number of aliphatic hydroxyl groups excluding tert-OH is 2. The van der Waals surface area contributed by atoms with Gasteiger partial charge in [0.1, 0.15) is 5.78 Å². The molecule has 1 rings (SSSR count). The van der Waals surface area contributed by atoms with E-state index in [2.05, 4.69) is 0 Å². The predicted molar refractivity (Wildman–Crippen MR) is 35.4 cm³/mol. The van der Waals surface area contributed by atoms with Crippen LogP contribution >= 0.6 is 0 Å². The molecule has 0 aromatic carbocycles. The molecule has 0 saturated heterocycles. The van der Waals surface area contributed by atoms with Gasteiger partial charge in [0.25, 0.3) is 0 Å². The van der Waals surface area contributed by atoms with Crippen molar-refractivity contribution in [1.29, 1.82) is 0 Å². The van der Waals surface area contributed by atoms with Gasteiger partial charge in [-0.1, -0.05) is 6.92 Å². The molecule has 58 valence electrons. The number of carbonyl (C=O) groups is 1. The molecule has 0 amide bonds. The largest absolute Gasteiger partial charge is 0.390 e. The smallest absolute Gasteiger partial charge is 0.138 e. The first-order chi connectivity index (χ1) is 4.61. The van der Waals surface area contributed by atoms with Crippen LogP contribution in [0.5, 0.6) is 0 Å². The summed E-state index contributed by atoms with van der Waals surface area (Å²) in [6.07, 6.45) is -1.01. The summed E-state index contributed by atoms with van der Waals surface area (Å²) in [4.78, 5) is 10.9. The molecule has 0 bridgehead atoms. The highest BCUT2D eigenvalue weighted by molar-refractivity contribution is 5.82. The summed E-state index contributed by atoms with van der Waals surface area (Å²) in [7, 11) is 0. The van der Waals surface area contributed by atoms with E-state index in [1.54, 1.807) is 6.92 Å². The summed E-state index contributed by atoms with van der Waals surface area (Å²) in [6.45, 7) is 1.78. The normalized spacial score (nSPS) is 41.9. The molecule has 2 N–H and O–H groups in total. The lowest BCUT2D eigenvalue weighted by molar-refractivity contribution is -0.132. The van der Waals surface area contributed by atoms with Gasteiger partial charge in [0.15, 0.2) is 0 Å². The number of hydrogen-bond acceptors (Lipinski definition) is 3. The average molecular weight is 144 g/mol. The Bertz CT molecular complexity index is 144. The van der Waals surface area contributed by atoms with Crippen LogP contribution in [0, 0.1) is 5.92 Å². The molecule has 0 radical (unpaired) electrons. The fraction of sp³-hybridized carbons (Fsp3) is 0.857. The molecule has 1 fully saturated rings. The zero-order chi connectivity index (χ0) is 7.72. The third kappa shape index (κ3) is 1.36. The van der Waals surface area contributed by atoms with E-state index in [9.17, 15) is 4.79 Å². The van der Waals surface area contributed by atoms with E-state index in [4.69, 9.17) is 10.2 Å². The van der Waals surface area contributed by atoms with Crippen LogP contribution in [0.25, 0.3) is 0 Å². The number of rotatable bonds is 0. The fourth-order valence-electron chi connectivity index (χ4n) is 1.19. The number of ketones is 1. The van der Waals surface area contributed by atoms with Crippen LogP contribution < -0.4 is 0 Å². The number of Topliss-reactive ketones (excluding diaryl/α,β-unsaturated/α-hetero) is 1. The molecule has 3 heteroatoms. The van der Waals surface area contributed by atoms with Gasteiger partial charge in [-0.3, -0.25) is 4.79 Å². The van der Waals surface area contributed by atoms with Crippen molar-refractivity contribution in [3.63, 3.8) is 0 Å². The zero-order valence-electron chi connectivity index (χ0n) is 5.95. The Balaban J connectivity index is 2.54. The lowest BCUT2D eigenvalue weighted by Gasteiger charge is -2.26. The van der Waals surface area contributed by atoms with Crippen molar-refractivity contribution in [3.8, 4) is 0 Å². The maximum atomic E-state index is 10.9. The van der Waals surface area contributed by atoms with E-state index in [1.165, 1.54) is 0 Å². The minimum absolute atomic E-state index is 0.0535. The number of aliphatic hydroxyl groups is 2. The monoisotopic (exact) mass is 144 g/mol. The summed E-state index contributed by atoms with van der Waals surface area (Å²) < 4.78 is 0. The number of hydrogen-bond donors (Lipinski definition) is 2. The summed E-state index contributed by atoms with van der Waals surface area (Å²) in [5.41, 5.74) is 0. The lowest BCUT2D eigenvalue weighted by atomic mass is 9.86. The van der Waals surface area contributed by atoms with Crippen molar-refractivity contribution >= 4 is 5.78 Å². The van der Waals surface area contributed by atoms with E-state index >= 15 is 0 Å². The highest BCUT2D eigenvalue weighted by Crippen LogP contribution is 2.20. The van der Waals surface area contributed by atoms with Crippen LogP contribution in [0.15, 0.2) is 0 Å². The van der Waals surface area contributed by atoms with Gasteiger partial charge in [-0.15, -0.1) is 0 Å². The van der Waals surface area contributed by atoms with Gasteiger partial charge in [0, 0.05) is 12.3 Å². The second-order valence-electron chi connectivity index (χ2n) is 2.94. The summed E-state index contributed by atoms with van der Waals surface area (Å²) in [5.74, 6) is -0.0313. The molecule has 0 aromatic heterocycles. The van der Waals surface area contributed by atoms with Crippen LogP contribution in [-0.2, 0) is 4.79 Å². The van der Waals surface area contributed by atoms with Crippen LogP contribution in [0.2, 0.25) is 0 Å². The Morgan fingerprint density at radius 3 is 2.50 bits per heavy atom. The van der Waals surface area contributed by atoms with Crippen molar-refractivity contribution in [2.45, 2.75) is 32.0 Å². The van der Waals surface area contributed by atoms with Crippen molar-refractivity contribution in [3.05, 3.63) is 0 Å². The van der Waals surface area contributed by atoms with Gasteiger partial charge in [0.2, 0.25) is 0 Å². The molecule has 3 nitrogen and oxygen atoms in total. The quantitative estimate of drug-likeness (QED) is 0.491. The van der Waals surface area contributed by atoms with Crippen molar-refractivity contribution in [2.75, 3.05) is 0 Å². The van der Waals surface area contributed by atoms with Gasteiger partial charge in [-0.2, -0.15) is 0 Å². The standard InChI is InChI=1S/C7H12O3/c1-4-2-6(9)7(10)3-5(4)8/h4,6-7,9-10H,2-3H2,1H3/t4-,6-,7-/m1/s1. The van der Waals surface area contributed by atoms with Crippen LogP contribution in [0.3, 0.4) is 0 Å². The molecule has 3 atom stereocenters. The molecule has 0 spiro atoms. The maximum absolute atomic E-state index is 10.9. The first-order valence-corrected chi connectivity index (χ1v) is 3.50. The molecule has 0 heterocycles.